The van der Waals surface area contributed by atoms with E-state index in [0.717, 1.165) is 25.8 Å². The van der Waals surface area contributed by atoms with Gasteiger partial charge in [0.05, 0.1) is 0 Å². The van der Waals surface area contributed by atoms with Gasteiger partial charge in [-0.25, -0.2) is 4.39 Å². The SMILES string of the molecule is CCCC(CCO)CNCCF. The van der Waals surface area contributed by atoms with Crippen LogP contribution in [0.2, 0.25) is 0 Å². The van der Waals surface area contributed by atoms with Gasteiger partial charge in [0.2, 0.25) is 0 Å². The average Bonchev–Trinajstić information content (AvgIpc) is 2.06. The van der Waals surface area contributed by atoms with Crippen LogP contribution in [-0.4, -0.2) is 31.5 Å². The van der Waals surface area contributed by atoms with Crippen LogP contribution in [-0.2, 0) is 0 Å². The number of alkyl halides is 1. The van der Waals surface area contributed by atoms with Crippen molar-refractivity contribution >= 4 is 0 Å². The molecule has 0 aliphatic heterocycles. The van der Waals surface area contributed by atoms with Crippen molar-refractivity contribution in [2.75, 3.05) is 26.4 Å². The van der Waals surface area contributed by atoms with Crippen molar-refractivity contribution in [2.45, 2.75) is 26.2 Å². The minimum atomic E-state index is -0.308. The van der Waals surface area contributed by atoms with E-state index in [4.69, 9.17) is 5.11 Å². The minimum Gasteiger partial charge on any atom is -0.396 e. The Morgan fingerprint density at radius 3 is 2.67 bits per heavy atom. The van der Waals surface area contributed by atoms with Crippen molar-refractivity contribution < 1.29 is 9.50 Å². The van der Waals surface area contributed by atoms with Crippen molar-refractivity contribution in [1.82, 2.24) is 5.32 Å². The van der Waals surface area contributed by atoms with Gasteiger partial charge in [0.1, 0.15) is 6.67 Å². The summed E-state index contributed by atoms with van der Waals surface area (Å²) in [6.07, 6.45) is 3.06. The minimum absolute atomic E-state index is 0.238. The second-order valence-electron chi connectivity index (χ2n) is 3.06. The van der Waals surface area contributed by atoms with Crippen LogP contribution in [0.4, 0.5) is 4.39 Å². The molecule has 0 rings (SSSR count). The van der Waals surface area contributed by atoms with Crippen LogP contribution in [0.3, 0.4) is 0 Å². The third-order valence-electron chi connectivity index (χ3n) is 1.94. The Balaban J connectivity index is 3.34. The molecule has 0 aliphatic rings. The van der Waals surface area contributed by atoms with Crippen molar-refractivity contribution in [3.05, 3.63) is 0 Å². The quantitative estimate of drug-likeness (QED) is 0.548. The van der Waals surface area contributed by atoms with Gasteiger partial charge in [-0.15, -0.1) is 0 Å². The summed E-state index contributed by atoms with van der Waals surface area (Å²) in [4.78, 5) is 0. The third-order valence-corrected chi connectivity index (χ3v) is 1.94. The molecule has 0 aromatic carbocycles. The fourth-order valence-electron chi connectivity index (χ4n) is 1.31. The monoisotopic (exact) mass is 177 g/mol. The van der Waals surface area contributed by atoms with E-state index < -0.39 is 0 Å². The largest absolute Gasteiger partial charge is 0.396 e. The summed E-state index contributed by atoms with van der Waals surface area (Å²) in [6, 6.07) is 0. The molecule has 0 fully saturated rings. The molecule has 12 heavy (non-hydrogen) atoms. The zero-order chi connectivity index (χ0) is 9.23. The predicted octanol–water partition coefficient (Wildman–Crippen LogP) is 1.34. The van der Waals surface area contributed by atoms with E-state index in [1.165, 1.54) is 0 Å². The van der Waals surface area contributed by atoms with Crippen LogP contribution in [0.15, 0.2) is 0 Å². The van der Waals surface area contributed by atoms with Crippen molar-refractivity contribution in [2.24, 2.45) is 5.92 Å². The average molecular weight is 177 g/mol. The molecular weight excluding hydrogens is 157 g/mol. The number of aliphatic hydroxyl groups is 1. The second kappa shape index (κ2) is 8.94. The molecule has 3 heteroatoms. The summed E-state index contributed by atoms with van der Waals surface area (Å²) in [6.45, 7) is 3.32. The van der Waals surface area contributed by atoms with Gasteiger partial charge in [-0.2, -0.15) is 0 Å². The molecule has 74 valence electrons. The topological polar surface area (TPSA) is 32.3 Å². The maximum Gasteiger partial charge on any atom is 0.102 e. The van der Waals surface area contributed by atoms with Crippen LogP contribution in [0.25, 0.3) is 0 Å². The first-order valence-corrected chi connectivity index (χ1v) is 4.72. The number of halogens is 1. The van der Waals surface area contributed by atoms with Gasteiger partial charge >= 0.3 is 0 Å². The molecule has 0 radical (unpaired) electrons. The highest BCUT2D eigenvalue weighted by Gasteiger charge is 2.05. The molecule has 2 N–H and O–H groups in total. The highest BCUT2D eigenvalue weighted by molar-refractivity contribution is 4.61. The summed E-state index contributed by atoms with van der Waals surface area (Å²) >= 11 is 0. The Labute approximate surface area is 74.2 Å². The maximum absolute atomic E-state index is 11.7. The van der Waals surface area contributed by atoms with Crippen molar-refractivity contribution in [1.29, 1.82) is 0 Å². The number of hydrogen-bond donors (Lipinski definition) is 2. The Kier molecular flexibility index (Phi) is 8.83. The molecule has 0 bridgehead atoms. The van der Waals surface area contributed by atoms with Gasteiger partial charge in [0.15, 0.2) is 0 Å². The number of aliphatic hydroxyl groups excluding tert-OH is 1. The van der Waals surface area contributed by atoms with Crippen LogP contribution in [0, 0.1) is 5.92 Å². The maximum atomic E-state index is 11.7. The summed E-state index contributed by atoms with van der Waals surface area (Å²) < 4.78 is 11.7. The van der Waals surface area contributed by atoms with E-state index in [-0.39, 0.29) is 13.3 Å². The van der Waals surface area contributed by atoms with Gasteiger partial charge in [-0.3, -0.25) is 0 Å². The molecule has 0 aliphatic carbocycles. The van der Waals surface area contributed by atoms with Gasteiger partial charge in [0, 0.05) is 13.2 Å². The fourth-order valence-corrected chi connectivity index (χ4v) is 1.31. The molecule has 0 aromatic heterocycles. The van der Waals surface area contributed by atoms with E-state index in [1.807, 2.05) is 0 Å². The van der Waals surface area contributed by atoms with Gasteiger partial charge in [-0.1, -0.05) is 13.3 Å². The zero-order valence-corrected chi connectivity index (χ0v) is 7.85. The van der Waals surface area contributed by atoms with Gasteiger partial charge < -0.3 is 10.4 Å². The lowest BCUT2D eigenvalue weighted by Gasteiger charge is -2.14. The Morgan fingerprint density at radius 2 is 2.17 bits per heavy atom. The Hall–Kier alpha value is -0.150. The second-order valence-corrected chi connectivity index (χ2v) is 3.06. The van der Waals surface area contributed by atoms with Crippen LogP contribution in [0.1, 0.15) is 26.2 Å². The zero-order valence-electron chi connectivity index (χ0n) is 7.85. The molecule has 1 unspecified atom stereocenters. The first-order chi connectivity index (χ1) is 5.85. The molecular formula is C9H20FNO. The van der Waals surface area contributed by atoms with Crippen LogP contribution in [0.5, 0.6) is 0 Å². The number of nitrogens with one attached hydrogen (secondary N) is 1. The van der Waals surface area contributed by atoms with E-state index in [0.29, 0.717) is 12.5 Å². The normalized spacial score (nSPS) is 13.2. The number of hydrogen-bond acceptors (Lipinski definition) is 2. The summed E-state index contributed by atoms with van der Waals surface area (Å²) in [5.41, 5.74) is 0. The van der Waals surface area contributed by atoms with Crippen molar-refractivity contribution in [3.8, 4) is 0 Å². The van der Waals surface area contributed by atoms with Gasteiger partial charge in [-0.05, 0) is 25.3 Å². The Bertz CT molecular complexity index is 84.6. The number of rotatable bonds is 8. The molecule has 0 saturated carbocycles. The van der Waals surface area contributed by atoms with Crippen LogP contribution >= 0.6 is 0 Å². The molecule has 0 amide bonds. The first-order valence-electron chi connectivity index (χ1n) is 4.72. The smallest absolute Gasteiger partial charge is 0.102 e. The van der Waals surface area contributed by atoms with Gasteiger partial charge in [0.25, 0.3) is 0 Å². The predicted molar refractivity (Wildman–Crippen MR) is 48.9 cm³/mol. The third kappa shape index (κ3) is 6.55. The fraction of sp³-hybridized carbons (Fsp3) is 1.00. The Morgan fingerprint density at radius 1 is 1.42 bits per heavy atom. The molecule has 2 nitrogen and oxygen atoms in total. The molecule has 1 atom stereocenters. The molecule has 0 spiro atoms. The van der Waals surface area contributed by atoms with E-state index in [2.05, 4.69) is 12.2 Å². The summed E-state index contributed by atoms with van der Waals surface area (Å²) in [5.74, 6) is 0.506. The summed E-state index contributed by atoms with van der Waals surface area (Å²) in [5, 5.41) is 11.7. The lowest BCUT2D eigenvalue weighted by molar-refractivity contribution is 0.247. The molecule has 0 saturated heterocycles. The lowest BCUT2D eigenvalue weighted by Crippen LogP contribution is -2.25. The van der Waals surface area contributed by atoms with Crippen LogP contribution < -0.4 is 5.32 Å². The van der Waals surface area contributed by atoms with E-state index >= 15 is 0 Å². The van der Waals surface area contributed by atoms with Crippen molar-refractivity contribution in [3.63, 3.8) is 0 Å². The highest BCUT2D eigenvalue weighted by atomic mass is 19.1. The molecule has 0 heterocycles. The van der Waals surface area contributed by atoms with E-state index in [1.54, 1.807) is 0 Å². The molecule has 0 aromatic rings. The first kappa shape index (κ1) is 11.8. The standard InChI is InChI=1S/C9H20FNO/c1-2-3-9(4-7-12)8-11-6-5-10/h9,11-12H,2-8H2,1H3. The lowest BCUT2D eigenvalue weighted by atomic mass is 10.0. The summed E-state index contributed by atoms with van der Waals surface area (Å²) in [7, 11) is 0. The highest BCUT2D eigenvalue weighted by Crippen LogP contribution is 2.08. The van der Waals surface area contributed by atoms with E-state index in [9.17, 15) is 4.39 Å².